The Hall–Kier alpha value is -3.72. The molecule has 29 heavy (non-hydrogen) atoms. The maximum absolute atomic E-state index is 12.6. The lowest BCUT2D eigenvalue weighted by molar-refractivity contribution is -0.119. The summed E-state index contributed by atoms with van der Waals surface area (Å²) in [7, 11) is 0. The van der Waals surface area contributed by atoms with Crippen LogP contribution in [0.2, 0.25) is 0 Å². The molecule has 0 spiro atoms. The van der Waals surface area contributed by atoms with E-state index in [-0.39, 0.29) is 5.92 Å². The van der Waals surface area contributed by atoms with Gasteiger partial charge in [0.1, 0.15) is 0 Å². The fraction of sp³-hybridized carbons (Fsp3) is 0.217. The molecular weight excluding hydrogens is 366 g/mol. The minimum atomic E-state index is -0.565. The molecule has 3 aromatic rings. The number of rotatable bonds is 6. The van der Waals surface area contributed by atoms with E-state index in [4.69, 9.17) is 10.00 Å². The van der Waals surface area contributed by atoms with Crippen molar-refractivity contribution in [2.45, 2.75) is 26.2 Å². The highest BCUT2D eigenvalue weighted by molar-refractivity contribution is 6.04. The van der Waals surface area contributed by atoms with Gasteiger partial charge in [-0.15, -0.1) is 0 Å². The molecule has 0 fully saturated rings. The molecule has 0 aliphatic carbocycles. The van der Waals surface area contributed by atoms with E-state index in [9.17, 15) is 9.59 Å². The molecule has 0 unspecified atom stereocenters. The van der Waals surface area contributed by atoms with Crippen molar-refractivity contribution in [2.75, 3.05) is 11.9 Å². The van der Waals surface area contributed by atoms with Crippen molar-refractivity contribution in [3.63, 3.8) is 0 Å². The summed E-state index contributed by atoms with van der Waals surface area (Å²) in [4.78, 5) is 29.4. The number of fused-ring (bicyclic) bond motifs is 1. The molecule has 0 bridgehead atoms. The van der Waals surface area contributed by atoms with Crippen LogP contribution in [-0.2, 0) is 16.0 Å². The van der Waals surface area contributed by atoms with Gasteiger partial charge >= 0.3 is 5.97 Å². The van der Waals surface area contributed by atoms with Crippen LogP contribution in [0.15, 0.2) is 54.6 Å². The molecule has 0 aliphatic heterocycles. The maximum Gasteiger partial charge on any atom is 0.339 e. The summed E-state index contributed by atoms with van der Waals surface area (Å²) in [5.41, 5.74) is 3.34. The second-order valence-corrected chi connectivity index (χ2v) is 6.92. The molecule has 1 amide bonds. The van der Waals surface area contributed by atoms with Gasteiger partial charge in [-0.2, -0.15) is 5.26 Å². The number of nitrogens with one attached hydrogen (secondary N) is 1. The van der Waals surface area contributed by atoms with Crippen molar-refractivity contribution in [3.8, 4) is 6.07 Å². The van der Waals surface area contributed by atoms with Gasteiger partial charge in [0.05, 0.1) is 23.6 Å². The van der Waals surface area contributed by atoms with Crippen molar-refractivity contribution < 1.29 is 14.3 Å². The second kappa shape index (κ2) is 8.98. The van der Waals surface area contributed by atoms with Gasteiger partial charge in [0.25, 0.3) is 5.91 Å². The summed E-state index contributed by atoms with van der Waals surface area (Å²) in [6, 6.07) is 18.1. The topological polar surface area (TPSA) is 92.1 Å². The summed E-state index contributed by atoms with van der Waals surface area (Å²) >= 11 is 0. The molecule has 0 radical (unpaired) electrons. The summed E-state index contributed by atoms with van der Waals surface area (Å²) in [6.45, 7) is 3.61. The minimum absolute atomic E-state index is 0.151. The molecule has 2 aromatic carbocycles. The molecule has 1 N–H and O–H groups in total. The Kier molecular flexibility index (Phi) is 6.20. The van der Waals surface area contributed by atoms with Gasteiger partial charge in [-0.3, -0.25) is 9.78 Å². The van der Waals surface area contributed by atoms with Gasteiger partial charge in [-0.1, -0.05) is 44.2 Å². The Morgan fingerprint density at radius 2 is 1.86 bits per heavy atom. The van der Waals surface area contributed by atoms with Gasteiger partial charge in [0.15, 0.2) is 6.61 Å². The Bertz CT molecular complexity index is 1080. The van der Waals surface area contributed by atoms with Gasteiger partial charge in [0.2, 0.25) is 0 Å². The lowest BCUT2D eigenvalue weighted by Gasteiger charge is -2.12. The van der Waals surface area contributed by atoms with E-state index < -0.39 is 18.5 Å². The Morgan fingerprint density at radius 3 is 2.55 bits per heavy atom. The Morgan fingerprint density at radius 1 is 1.14 bits per heavy atom. The van der Waals surface area contributed by atoms with Crippen molar-refractivity contribution >= 4 is 28.5 Å². The van der Waals surface area contributed by atoms with Crippen molar-refractivity contribution in [3.05, 3.63) is 71.4 Å². The van der Waals surface area contributed by atoms with Crippen LogP contribution in [0.3, 0.4) is 0 Å². The molecule has 0 aliphatic rings. The van der Waals surface area contributed by atoms with Crippen LogP contribution in [0, 0.1) is 11.3 Å². The van der Waals surface area contributed by atoms with Crippen LogP contribution in [0.1, 0.15) is 41.4 Å². The fourth-order valence-electron chi connectivity index (χ4n) is 2.86. The lowest BCUT2D eigenvalue weighted by atomic mass is 10.0. The molecule has 0 saturated heterocycles. The van der Waals surface area contributed by atoms with Crippen LogP contribution in [-0.4, -0.2) is 23.5 Å². The first kappa shape index (κ1) is 20.0. The fourth-order valence-corrected chi connectivity index (χ4v) is 2.86. The predicted octanol–water partition coefficient (Wildman–Crippen LogP) is 4.22. The third-order valence-electron chi connectivity index (χ3n) is 4.40. The highest BCUT2D eigenvalue weighted by Crippen LogP contribution is 2.23. The zero-order valence-corrected chi connectivity index (χ0v) is 16.3. The number of nitrogens with zero attached hydrogens (tertiary/aromatic N) is 2. The maximum atomic E-state index is 12.6. The number of benzene rings is 2. The van der Waals surface area contributed by atoms with Gasteiger partial charge in [-0.25, -0.2) is 4.79 Å². The number of amides is 1. The number of para-hydroxylation sites is 1. The molecule has 146 valence electrons. The first-order chi connectivity index (χ1) is 14.0. The van der Waals surface area contributed by atoms with Crippen molar-refractivity contribution in [2.24, 2.45) is 0 Å². The molecule has 6 nitrogen and oxygen atoms in total. The number of carbonyl (C=O) groups is 2. The largest absolute Gasteiger partial charge is 0.452 e. The highest BCUT2D eigenvalue weighted by Gasteiger charge is 2.17. The Labute approximate surface area is 169 Å². The molecule has 1 aromatic heterocycles. The lowest BCUT2D eigenvalue weighted by Crippen LogP contribution is -2.21. The summed E-state index contributed by atoms with van der Waals surface area (Å²) in [6.07, 6.45) is 0.310. The highest BCUT2D eigenvalue weighted by atomic mass is 16.5. The SMILES string of the molecule is CC(C)c1cc(C(=O)OCC(=O)Nc2ccc(CC#N)cc2)c2ccccc2n1. The molecule has 0 saturated carbocycles. The van der Waals surface area contributed by atoms with Gasteiger partial charge in [-0.05, 0) is 35.7 Å². The number of nitriles is 1. The van der Waals surface area contributed by atoms with Gasteiger partial charge in [0, 0.05) is 16.8 Å². The molecule has 3 rings (SSSR count). The van der Waals surface area contributed by atoms with E-state index in [1.807, 2.05) is 38.1 Å². The predicted molar refractivity (Wildman–Crippen MR) is 111 cm³/mol. The smallest absolute Gasteiger partial charge is 0.339 e. The molecule has 6 heteroatoms. The van der Waals surface area contributed by atoms with Crippen molar-refractivity contribution in [1.29, 1.82) is 5.26 Å². The third kappa shape index (κ3) is 4.96. The number of hydrogen-bond acceptors (Lipinski definition) is 5. The van der Waals surface area contributed by atoms with Gasteiger partial charge < -0.3 is 10.1 Å². The molecule has 0 atom stereocenters. The average molecular weight is 387 g/mol. The Balaban J connectivity index is 1.69. The number of hydrogen-bond donors (Lipinski definition) is 1. The summed E-state index contributed by atoms with van der Waals surface area (Å²) in [5, 5.41) is 12.1. The third-order valence-corrected chi connectivity index (χ3v) is 4.40. The van der Waals surface area contributed by atoms with Crippen LogP contribution in [0.25, 0.3) is 10.9 Å². The zero-order chi connectivity index (χ0) is 20.8. The van der Waals surface area contributed by atoms with Crippen LogP contribution in [0.4, 0.5) is 5.69 Å². The molecular formula is C23H21N3O3. The number of anilines is 1. The molecule has 1 heterocycles. The van der Waals surface area contributed by atoms with E-state index in [0.29, 0.717) is 28.6 Å². The quantitative estimate of drug-likeness (QED) is 0.639. The van der Waals surface area contributed by atoms with Crippen LogP contribution in [0.5, 0.6) is 0 Å². The second-order valence-electron chi connectivity index (χ2n) is 6.92. The van der Waals surface area contributed by atoms with Crippen LogP contribution >= 0.6 is 0 Å². The number of esters is 1. The van der Waals surface area contributed by atoms with E-state index in [0.717, 1.165) is 11.3 Å². The van der Waals surface area contributed by atoms with E-state index >= 15 is 0 Å². The van der Waals surface area contributed by atoms with E-state index in [2.05, 4.69) is 16.4 Å². The standard InChI is InChI=1S/C23H21N3O3/c1-15(2)21-13-19(18-5-3-4-6-20(18)26-21)23(28)29-14-22(27)25-17-9-7-16(8-10-17)11-12-24/h3-10,13,15H,11,14H2,1-2H3,(H,25,27). The number of carbonyl (C=O) groups excluding carboxylic acids is 2. The normalized spacial score (nSPS) is 10.6. The van der Waals surface area contributed by atoms with E-state index in [1.54, 1.807) is 30.3 Å². The first-order valence-corrected chi connectivity index (χ1v) is 9.30. The monoisotopic (exact) mass is 387 g/mol. The number of pyridine rings is 1. The van der Waals surface area contributed by atoms with Crippen molar-refractivity contribution in [1.82, 2.24) is 4.98 Å². The number of ether oxygens (including phenoxy) is 1. The summed E-state index contributed by atoms with van der Waals surface area (Å²) < 4.78 is 5.25. The number of aromatic nitrogens is 1. The zero-order valence-electron chi connectivity index (χ0n) is 16.3. The first-order valence-electron chi connectivity index (χ1n) is 9.30. The van der Waals surface area contributed by atoms with E-state index in [1.165, 1.54) is 0 Å². The minimum Gasteiger partial charge on any atom is -0.452 e. The summed E-state index contributed by atoms with van der Waals surface area (Å²) in [5.74, 6) is -0.850. The van der Waals surface area contributed by atoms with Crippen LogP contribution < -0.4 is 5.32 Å². The average Bonchev–Trinajstić information content (AvgIpc) is 2.72.